The molecule has 0 unspecified atom stereocenters. The Balaban J connectivity index is 1.27. The van der Waals surface area contributed by atoms with Crippen molar-refractivity contribution in [3.8, 4) is 0 Å². The number of hydrogen-bond acceptors (Lipinski definition) is 6. The van der Waals surface area contributed by atoms with Gasteiger partial charge in [0.25, 0.3) is 5.91 Å². The SMILES string of the molecule is O=C(NCc1ccc(S(=O)(=O)c2cccc(N3CCOCC3)c2)cc1)c1ccc2ccncc2c1. The third-order valence-corrected chi connectivity index (χ3v) is 7.86. The maximum Gasteiger partial charge on any atom is 0.251 e. The second-order valence-electron chi connectivity index (χ2n) is 8.36. The van der Waals surface area contributed by atoms with E-state index >= 15 is 0 Å². The fraction of sp³-hybridized carbons (Fsp3) is 0.185. The summed E-state index contributed by atoms with van der Waals surface area (Å²) in [6, 6.07) is 21.0. The zero-order valence-electron chi connectivity index (χ0n) is 19.1. The summed E-state index contributed by atoms with van der Waals surface area (Å²) in [6.45, 7) is 3.02. The van der Waals surface area contributed by atoms with Crippen LogP contribution in [0.15, 0.2) is 95.0 Å². The fourth-order valence-corrected chi connectivity index (χ4v) is 5.40. The highest BCUT2D eigenvalue weighted by Gasteiger charge is 2.20. The number of carbonyl (C=O) groups excluding carboxylic acids is 1. The molecule has 7 nitrogen and oxygen atoms in total. The van der Waals surface area contributed by atoms with Crippen LogP contribution < -0.4 is 10.2 Å². The standard InChI is InChI=1S/C27H25N3O4S/c31-27(22-7-6-21-10-11-28-19-23(21)16-22)29-18-20-4-8-25(9-5-20)35(32,33)26-3-1-2-24(17-26)30-12-14-34-15-13-30/h1-11,16-17,19H,12-15,18H2,(H,29,31). The van der Waals surface area contributed by atoms with Gasteiger partial charge in [-0.25, -0.2) is 8.42 Å². The zero-order valence-corrected chi connectivity index (χ0v) is 19.9. The molecule has 0 aliphatic carbocycles. The molecule has 1 aliphatic rings. The topological polar surface area (TPSA) is 88.6 Å². The Bertz CT molecular complexity index is 1460. The molecule has 8 heteroatoms. The van der Waals surface area contributed by atoms with Crippen LogP contribution in [-0.4, -0.2) is 45.6 Å². The molecule has 1 saturated heterocycles. The van der Waals surface area contributed by atoms with Crippen molar-refractivity contribution in [1.29, 1.82) is 0 Å². The van der Waals surface area contributed by atoms with E-state index in [9.17, 15) is 13.2 Å². The summed E-state index contributed by atoms with van der Waals surface area (Å²) in [6.07, 6.45) is 3.44. The fourth-order valence-electron chi connectivity index (χ4n) is 4.10. The van der Waals surface area contributed by atoms with Gasteiger partial charge in [0.05, 0.1) is 23.0 Å². The van der Waals surface area contributed by atoms with E-state index in [1.807, 2.05) is 18.2 Å². The molecule has 0 radical (unpaired) electrons. The lowest BCUT2D eigenvalue weighted by Crippen LogP contribution is -2.36. The number of nitrogens with one attached hydrogen (secondary N) is 1. The highest BCUT2D eigenvalue weighted by Crippen LogP contribution is 2.26. The van der Waals surface area contributed by atoms with Gasteiger partial charge in [-0.05, 0) is 59.5 Å². The summed E-state index contributed by atoms with van der Waals surface area (Å²) in [7, 11) is -3.66. The van der Waals surface area contributed by atoms with Crippen molar-refractivity contribution >= 4 is 32.2 Å². The zero-order chi connectivity index (χ0) is 24.3. The third-order valence-electron chi connectivity index (χ3n) is 6.09. The van der Waals surface area contributed by atoms with Crippen molar-refractivity contribution in [3.63, 3.8) is 0 Å². The van der Waals surface area contributed by atoms with Crippen molar-refractivity contribution in [2.75, 3.05) is 31.2 Å². The van der Waals surface area contributed by atoms with Crippen LogP contribution >= 0.6 is 0 Å². The largest absolute Gasteiger partial charge is 0.378 e. The summed E-state index contributed by atoms with van der Waals surface area (Å²) in [5, 5.41) is 4.80. The molecule has 1 fully saturated rings. The van der Waals surface area contributed by atoms with Crippen molar-refractivity contribution in [2.45, 2.75) is 16.3 Å². The molecular formula is C27H25N3O4S. The normalized spacial score (nSPS) is 14.1. The smallest absolute Gasteiger partial charge is 0.251 e. The summed E-state index contributed by atoms with van der Waals surface area (Å²) in [5.41, 5.74) is 2.23. The lowest BCUT2D eigenvalue weighted by Gasteiger charge is -2.29. The molecule has 35 heavy (non-hydrogen) atoms. The van der Waals surface area contributed by atoms with Gasteiger partial charge in [-0.3, -0.25) is 9.78 Å². The van der Waals surface area contributed by atoms with Crippen LogP contribution in [-0.2, 0) is 21.1 Å². The number of nitrogens with zero attached hydrogens (tertiary/aromatic N) is 2. The molecule has 1 aliphatic heterocycles. The number of ether oxygens (including phenoxy) is 1. The Kier molecular flexibility index (Phi) is 6.48. The first kappa shape index (κ1) is 23.0. The van der Waals surface area contributed by atoms with Gasteiger partial charge < -0.3 is 15.0 Å². The third kappa shape index (κ3) is 5.03. The van der Waals surface area contributed by atoms with Crippen LogP contribution in [0.1, 0.15) is 15.9 Å². The average Bonchev–Trinajstić information content (AvgIpc) is 2.92. The number of benzene rings is 3. The molecule has 4 aromatic rings. The number of anilines is 1. The van der Waals surface area contributed by atoms with Crippen molar-refractivity contribution in [3.05, 3.63) is 96.3 Å². The molecule has 1 N–H and O–H groups in total. The number of fused-ring (bicyclic) bond motifs is 1. The van der Waals surface area contributed by atoms with E-state index in [2.05, 4.69) is 15.2 Å². The highest BCUT2D eigenvalue weighted by atomic mass is 32.2. The quantitative estimate of drug-likeness (QED) is 0.445. The van der Waals surface area contributed by atoms with Gasteiger partial charge in [0, 0.05) is 48.7 Å². The molecule has 2 heterocycles. The molecule has 0 spiro atoms. The first-order valence-corrected chi connectivity index (χ1v) is 12.9. The van der Waals surface area contributed by atoms with Crippen molar-refractivity contribution in [2.24, 2.45) is 0 Å². The number of sulfone groups is 1. The predicted molar refractivity (Wildman–Crippen MR) is 134 cm³/mol. The number of aromatic nitrogens is 1. The molecule has 1 amide bonds. The number of morpholine rings is 1. The van der Waals surface area contributed by atoms with E-state index in [0.29, 0.717) is 18.8 Å². The first-order valence-electron chi connectivity index (χ1n) is 11.4. The summed E-state index contributed by atoms with van der Waals surface area (Å²) >= 11 is 0. The Morgan fingerprint density at radius 1 is 0.914 bits per heavy atom. The molecule has 3 aromatic carbocycles. The van der Waals surface area contributed by atoms with Crippen LogP contribution in [0.4, 0.5) is 5.69 Å². The molecule has 1 aromatic heterocycles. The lowest BCUT2D eigenvalue weighted by atomic mass is 10.1. The van der Waals surface area contributed by atoms with Gasteiger partial charge in [-0.2, -0.15) is 0 Å². The van der Waals surface area contributed by atoms with E-state index in [0.717, 1.165) is 35.1 Å². The van der Waals surface area contributed by atoms with E-state index in [1.54, 1.807) is 67.0 Å². The minimum Gasteiger partial charge on any atom is -0.378 e. The molecule has 0 saturated carbocycles. The van der Waals surface area contributed by atoms with Gasteiger partial charge >= 0.3 is 0 Å². The van der Waals surface area contributed by atoms with Crippen LogP contribution in [0.25, 0.3) is 10.8 Å². The number of hydrogen-bond donors (Lipinski definition) is 1. The second kappa shape index (κ2) is 9.85. The molecular weight excluding hydrogens is 462 g/mol. The maximum absolute atomic E-state index is 13.2. The Morgan fingerprint density at radius 2 is 1.71 bits per heavy atom. The van der Waals surface area contributed by atoms with Crippen LogP contribution in [0, 0.1) is 0 Å². The van der Waals surface area contributed by atoms with Crippen molar-refractivity contribution in [1.82, 2.24) is 10.3 Å². The van der Waals surface area contributed by atoms with Crippen LogP contribution in [0.5, 0.6) is 0 Å². The predicted octanol–water partition coefficient (Wildman–Crippen LogP) is 3.83. The van der Waals surface area contributed by atoms with Gasteiger partial charge in [0.1, 0.15) is 0 Å². The van der Waals surface area contributed by atoms with Gasteiger partial charge in [-0.15, -0.1) is 0 Å². The van der Waals surface area contributed by atoms with Gasteiger partial charge in [0.2, 0.25) is 9.84 Å². The minimum absolute atomic E-state index is 0.202. The average molecular weight is 488 g/mol. The first-order chi connectivity index (χ1) is 17.0. The van der Waals surface area contributed by atoms with E-state index in [-0.39, 0.29) is 22.2 Å². The minimum atomic E-state index is -3.66. The summed E-state index contributed by atoms with van der Waals surface area (Å²) in [4.78, 5) is 19.3. The molecule has 0 atom stereocenters. The summed E-state index contributed by atoms with van der Waals surface area (Å²) in [5.74, 6) is -0.202. The highest BCUT2D eigenvalue weighted by molar-refractivity contribution is 7.91. The number of rotatable bonds is 6. The van der Waals surface area contributed by atoms with Crippen LogP contribution in [0.2, 0.25) is 0 Å². The number of amides is 1. The summed E-state index contributed by atoms with van der Waals surface area (Å²) < 4.78 is 31.8. The molecule has 178 valence electrons. The Hall–Kier alpha value is -3.75. The number of pyridine rings is 1. The van der Waals surface area contributed by atoms with Crippen molar-refractivity contribution < 1.29 is 17.9 Å². The Labute approximate surface area is 204 Å². The van der Waals surface area contributed by atoms with Gasteiger partial charge in [0.15, 0.2) is 0 Å². The second-order valence-corrected chi connectivity index (χ2v) is 10.3. The number of carbonyl (C=O) groups is 1. The van der Waals surface area contributed by atoms with E-state index in [1.165, 1.54) is 0 Å². The van der Waals surface area contributed by atoms with E-state index < -0.39 is 9.84 Å². The lowest BCUT2D eigenvalue weighted by molar-refractivity contribution is 0.0951. The van der Waals surface area contributed by atoms with E-state index in [4.69, 9.17) is 4.74 Å². The maximum atomic E-state index is 13.2. The van der Waals surface area contributed by atoms with Crippen LogP contribution in [0.3, 0.4) is 0 Å². The van der Waals surface area contributed by atoms with Gasteiger partial charge in [-0.1, -0.05) is 24.3 Å². The molecule has 5 rings (SSSR count). The monoisotopic (exact) mass is 487 g/mol. The molecule has 0 bridgehead atoms. The Morgan fingerprint density at radius 3 is 2.51 bits per heavy atom.